The van der Waals surface area contributed by atoms with Crippen LogP contribution >= 0.6 is 0 Å². The standard InChI is InChI=1S/C29H38BO3/c1-5-6-7-8-9-10-23-30(24-11-17-27(31-2)18-12-24,25-13-19-28(32-3)20-14-25)26-15-21-29(33-4)22-16-26/h11-22H,5-10,23H2,1-4H3/q-1. The van der Waals surface area contributed by atoms with Crippen molar-refractivity contribution in [2.24, 2.45) is 0 Å². The zero-order valence-corrected chi connectivity index (χ0v) is 20.7. The average Bonchev–Trinajstić information content (AvgIpc) is 2.89. The Labute approximate surface area is 200 Å². The molecule has 0 spiro atoms. The number of rotatable bonds is 13. The number of benzene rings is 3. The van der Waals surface area contributed by atoms with E-state index in [0.717, 1.165) is 23.6 Å². The van der Waals surface area contributed by atoms with Crippen molar-refractivity contribution in [2.45, 2.75) is 51.8 Å². The monoisotopic (exact) mass is 445 g/mol. The quantitative estimate of drug-likeness (QED) is 0.255. The molecule has 3 rings (SSSR count). The highest BCUT2D eigenvalue weighted by atomic mass is 16.5. The summed E-state index contributed by atoms with van der Waals surface area (Å²) in [6.45, 7) is 2.27. The molecule has 0 aromatic heterocycles. The molecule has 0 bridgehead atoms. The van der Waals surface area contributed by atoms with E-state index in [1.165, 1.54) is 54.9 Å². The molecule has 3 aromatic carbocycles. The van der Waals surface area contributed by atoms with Crippen LogP contribution in [0, 0.1) is 0 Å². The molecule has 0 saturated heterocycles. The molecular formula is C29H38BO3-. The molecule has 0 amide bonds. The number of hydrogen-bond acceptors (Lipinski definition) is 3. The Morgan fingerprint density at radius 2 is 0.818 bits per heavy atom. The van der Waals surface area contributed by atoms with Crippen LogP contribution < -0.4 is 30.6 Å². The van der Waals surface area contributed by atoms with Gasteiger partial charge in [-0.1, -0.05) is 81.8 Å². The minimum Gasteiger partial charge on any atom is -0.497 e. The predicted molar refractivity (Wildman–Crippen MR) is 142 cm³/mol. The fourth-order valence-corrected chi connectivity index (χ4v) is 5.11. The summed E-state index contributed by atoms with van der Waals surface area (Å²) in [5.74, 6) is 2.65. The smallest absolute Gasteiger partial charge is 0.118 e. The average molecular weight is 445 g/mol. The van der Waals surface area contributed by atoms with Crippen molar-refractivity contribution >= 4 is 22.5 Å². The number of unbranched alkanes of at least 4 members (excludes halogenated alkanes) is 5. The first kappa shape index (κ1) is 24.8. The molecule has 0 unspecified atom stereocenters. The van der Waals surface area contributed by atoms with Crippen LogP contribution in [-0.2, 0) is 0 Å². The van der Waals surface area contributed by atoms with Gasteiger partial charge in [0.05, 0.1) is 27.5 Å². The Balaban J connectivity index is 2.08. The first-order valence-corrected chi connectivity index (χ1v) is 12.3. The molecule has 0 radical (unpaired) electrons. The van der Waals surface area contributed by atoms with Crippen molar-refractivity contribution in [1.82, 2.24) is 0 Å². The lowest BCUT2D eigenvalue weighted by molar-refractivity contribution is 0.415. The third-order valence-electron chi connectivity index (χ3n) is 7.05. The highest BCUT2D eigenvalue weighted by Gasteiger charge is 2.29. The van der Waals surface area contributed by atoms with Crippen molar-refractivity contribution in [3.05, 3.63) is 72.8 Å². The Bertz CT molecular complexity index is 834. The fraction of sp³-hybridized carbons (Fsp3) is 0.379. The summed E-state index contributed by atoms with van der Waals surface area (Å²) in [5, 5.41) is 0. The summed E-state index contributed by atoms with van der Waals surface area (Å²) in [7, 11) is 5.16. The van der Waals surface area contributed by atoms with Gasteiger partial charge in [-0.25, -0.2) is 0 Å². The molecular weight excluding hydrogens is 407 g/mol. The molecule has 0 aliphatic rings. The topological polar surface area (TPSA) is 27.7 Å². The molecule has 0 aliphatic heterocycles. The lowest BCUT2D eigenvalue weighted by Gasteiger charge is -2.43. The zero-order valence-electron chi connectivity index (χ0n) is 20.7. The van der Waals surface area contributed by atoms with Gasteiger partial charge in [-0.2, -0.15) is 22.7 Å². The fourth-order valence-electron chi connectivity index (χ4n) is 5.11. The van der Waals surface area contributed by atoms with Gasteiger partial charge in [-0.05, 0) is 36.4 Å². The molecule has 0 saturated carbocycles. The lowest BCUT2D eigenvalue weighted by atomic mass is 9.14. The van der Waals surface area contributed by atoms with Gasteiger partial charge in [0.1, 0.15) is 17.2 Å². The van der Waals surface area contributed by atoms with Gasteiger partial charge in [0, 0.05) is 0 Å². The third-order valence-corrected chi connectivity index (χ3v) is 7.05. The van der Waals surface area contributed by atoms with Crippen molar-refractivity contribution in [3.63, 3.8) is 0 Å². The zero-order chi connectivity index (χ0) is 23.5. The molecule has 0 atom stereocenters. The Morgan fingerprint density at radius 3 is 1.15 bits per heavy atom. The third kappa shape index (κ3) is 5.93. The SMILES string of the molecule is CCCCCCCC[B-](c1ccc(OC)cc1)(c1ccc(OC)cc1)c1ccc(OC)cc1. The van der Waals surface area contributed by atoms with Crippen LogP contribution in [0.2, 0.25) is 6.32 Å². The highest BCUT2D eigenvalue weighted by molar-refractivity contribution is 7.11. The minimum atomic E-state index is -1.17. The molecule has 0 N–H and O–H groups in total. The maximum Gasteiger partial charge on any atom is 0.118 e. The van der Waals surface area contributed by atoms with Crippen molar-refractivity contribution in [1.29, 1.82) is 0 Å². The summed E-state index contributed by atoms with van der Waals surface area (Å²) in [5.41, 5.74) is 4.00. The maximum absolute atomic E-state index is 5.46. The van der Waals surface area contributed by atoms with Gasteiger partial charge in [0.15, 0.2) is 0 Å². The van der Waals surface area contributed by atoms with E-state index >= 15 is 0 Å². The maximum atomic E-state index is 5.46. The van der Waals surface area contributed by atoms with Crippen LogP contribution in [0.5, 0.6) is 17.2 Å². The normalized spacial score (nSPS) is 11.3. The summed E-state index contributed by atoms with van der Waals surface area (Å²) in [4.78, 5) is 0. The van der Waals surface area contributed by atoms with Gasteiger partial charge in [-0.15, -0.1) is 0 Å². The molecule has 4 heteroatoms. The van der Waals surface area contributed by atoms with E-state index in [9.17, 15) is 0 Å². The Hall–Kier alpha value is -2.88. The van der Waals surface area contributed by atoms with Crippen LogP contribution in [0.4, 0.5) is 0 Å². The van der Waals surface area contributed by atoms with Crippen LogP contribution in [-0.4, -0.2) is 27.5 Å². The number of ether oxygens (including phenoxy) is 3. The second kappa shape index (κ2) is 12.4. The van der Waals surface area contributed by atoms with E-state index in [-0.39, 0.29) is 0 Å². The van der Waals surface area contributed by atoms with E-state index < -0.39 is 6.15 Å². The second-order valence-corrected chi connectivity index (χ2v) is 8.92. The van der Waals surface area contributed by atoms with Crippen molar-refractivity contribution in [3.8, 4) is 17.2 Å². The summed E-state index contributed by atoms with van der Waals surface area (Å²) < 4.78 is 16.4. The number of hydrogen-bond donors (Lipinski definition) is 0. The van der Waals surface area contributed by atoms with Gasteiger partial charge >= 0.3 is 0 Å². The Morgan fingerprint density at radius 1 is 0.485 bits per heavy atom. The molecule has 3 aromatic rings. The molecule has 176 valence electrons. The van der Waals surface area contributed by atoms with E-state index in [1.807, 2.05) is 0 Å². The molecule has 33 heavy (non-hydrogen) atoms. The van der Waals surface area contributed by atoms with Gasteiger partial charge in [0.25, 0.3) is 0 Å². The first-order chi connectivity index (χ1) is 16.2. The summed E-state index contributed by atoms with van der Waals surface area (Å²) in [6.07, 6.45) is 7.59. The van der Waals surface area contributed by atoms with Crippen LogP contribution in [0.1, 0.15) is 45.4 Å². The van der Waals surface area contributed by atoms with Crippen molar-refractivity contribution in [2.75, 3.05) is 21.3 Å². The summed E-state index contributed by atoms with van der Waals surface area (Å²) >= 11 is 0. The van der Waals surface area contributed by atoms with E-state index in [4.69, 9.17) is 14.2 Å². The van der Waals surface area contributed by atoms with Crippen LogP contribution in [0.3, 0.4) is 0 Å². The van der Waals surface area contributed by atoms with Gasteiger partial charge < -0.3 is 14.2 Å². The minimum absolute atomic E-state index is 0.882. The van der Waals surface area contributed by atoms with Crippen LogP contribution in [0.15, 0.2) is 72.8 Å². The van der Waals surface area contributed by atoms with E-state index in [0.29, 0.717) is 0 Å². The van der Waals surface area contributed by atoms with Gasteiger partial charge in [0.2, 0.25) is 0 Å². The van der Waals surface area contributed by atoms with E-state index in [2.05, 4.69) is 79.7 Å². The molecule has 0 fully saturated rings. The Kier molecular flexibility index (Phi) is 9.29. The predicted octanol–water partition coefficient (Wildman–Crippen LogP) is 5.54. The van der Waals surface area contributed by atoms with Gasteiger partial charge in [-0.3, -0.25) is 0 Å². The van der Waals surface area contributed by atoms with Crippen LogP contribution in [0.25, 0.3) is 0 Å². The summed E-state index contributed by atoms with van der Waals surface area (Å²) in [6, 6.07) is 25.9. The highest BCUT2D eigenvalue weighted by Crippen LogP contribution is 2.22. The molecule has 0 aliphatic carbocycles. The molecule has 3 nitrogen and oxygen atoms in total. The van der Waals surface area contributed by atoms with E-state index in [1.54, 1.807) is 21.3 Å². The lowest BCUT2D eigenvalue weighted by Crippen LogP contribution is -2.66. The van der Waals surface area contributed by atoms with Crippen molar-refractivity contribution < 1.29 is 14.2 Å². The largest absolute Gasteiger partial charge is 0.497 e. The number of methoxy groups -OCH3 is 3. The first-order valence-electron chi connectivity index (χ1n) is 12.3. The molecule has 0 heterocycles. The second-order valence-electron chi connectivity index (χ2n) is 8.92.